The average Bonchev–Trinajstić information content (AvgIpc) is 2.43. The Balaban J connectivity index is 2.63. The first-order valence-corrected chi connectivity index (χ1v) is 6.41. The molecule has 0 atom stereocenters. The topological polar surface area (TPSA) is 84.9 Å². The van der Waals surface area contributed by atoms with Crippen molar-refractivity contribution in [3.63, 3.8) is 0 Å². The van der Waals surface area contributed by atoms with Gasteiger partial charge in [-0.05, 0) is 12.8 Å². The van der Waals surface area contributed by atoms with Crippen LogP contribution < -0.4 is 14.8 Å². The average molecular weight is 299 g/mol. The van der Waals surface area contributed by atoms with Crippen molar-refractivity contribution in [1.82, 2.24) is 0 Å². The van der Waals surface area contributed by atoms with Crippen LogP contribution in [0.4, 0.5) is 10.1 Å². The van der Waals surface area contributed by atoms with Crippen molar-refractivity contribution in [2.45, 2.75) is 25.7 Å². The Hall–Kier alpha value is -2.31. The predicted molar refractivity (Wildman–Crippen MR) is 74.2 cm³/mol. The Morgan fingerprint density at radius 2 is 1.76 bits per heavy atom. The highest BCUT2D eigenvalue weighted by Gasteiger charge is 2.13. The molecule has 0 radical (unpaired) electrons. The quantitative estimate of drug-likeness (QED) is 0.720. The Morgan fingerprint density at radius 3 is 2.33 bits per heavy atom. The van der Waals surface area contributed by atoms with Gasteiger partial charge in [-0.3, -0.25) is 9.59 Å². The number of benzene rings is 1. The van der Waals surface area contributed by atoms with E-state index < -0.39 is 11.8 Å². The summed E-state index contributed by atoms with van der Waals surface area (Å²) in [5, 5.41) is 11.0. The molecule has 1 rings (SSSR count). The zero-order chi connectivity index (χ0) is 15.8. The van der Waals surface area contributed by atoms with Crippen molar-refractivity contribution in [3.8, 4) is 11.5 Å². The first-order chi connectivity index (χ1) is 9.97. The van der Waals surface area contributed by atoms with Gasteiger partial charge in [0.05, 0.1) is 19.9 Å². The summed E-state index contributed by atoms with van der Waals surface area (Å²) < 4.78 is 23.5. The highest BCUT2D eigenvalue weighted by Crippen LogP contribution is 2.32. The van der Waals surface area contributed by atoms with Crippen LogP contribution in [0.2, 0.25) is 0 Å². The van der Waals surface area contributed by atoms with Gasteiger partial charge in [-0.25, -0.2) is 4.39 Å². The van der Waals surface area contributed by atoms with Crippen molar-refractivity contribution in [2.24, 2.45) is 0 Å². The number of aliphatic carboxylic acids is 1. The van der Waals surface area contributed by atoms with Crippen LogP contribution in [0, 0.1) is 5.82 Å². The first kappa shape index (κ1) is 16.7. The van der Waals surface area contributed by atoms with E-state index in [2.05, 4.69) is 5.32 Å². The van der Waals surface area contributed by atoms with Crippen molar-refractivity contribution in [1.29, 1.82) is 0 Å². The third-order valence-corrected chi connectivity index (χ3v) is 2.79. The van der Waals surface area contributed by atoms with Gasteiger partial charge >= 0.3 is 5.97 Å². The lowest BCUT2D eigenvalue weighted by molar-refractivity contribution is -0.137. The maximum absolute atomic E-state index is 13.6. The van der Waals surface area contributed by atoms with Gasteiger partial charge in [0, 0.05) is 25.0 Å². The van der Waals surface area contributed by atoms with Gasteiger partial charge in [-0.2, -0.15) is 0 Å². The molecule has 0 fully saturated rings. The highest BCUT2D eigenvalue weighted by molar-refractivity contribution is 5.92. The normalized spacial score (nSPS) is 10.0. The maximum atomic E-state index is 13.6. The molecular weight excluding hydrogens is 281 g/mol. The summed E-state index contributed by atoms with van der Waals surface area (Å²) in [4.78, 5) is 22.1. The van der Waals surface area contributed by atoms with E-state index in [4.69, 9.17) is 14.6 Å². The molecule has 0 aliphatic rings. The van der Waals surface area contributed by atoms with E-state index >= 15 is 0 Å². The lowest BCUT2D eigenvalue weighted by atomic mass is 10.2. The van der Waals surface area contributed by atoms with E-state index in [0.717, 1.165) is 6.07 Å². The summed E-state index contributed by atoms with van der Waals surface area (Å²) in [5.74, 6) is -1.53. The largest absolute Gasteiger partial charge is 0.494 e. The van der Waals surface area contributed by atoms with Crippen molar-refractivity contribution >= 4 is 17.6 Å². The SMILES string of the molecule is COc1cc(OC)c(NC(=O)CCCCC(=O)O)cc1F. The standard InChI is InChI=1S/C14H18FNO5/c1-20-11-8-12(21-2)10(7-9(11)15)16-13(17)5-3-4-6-14(18)19/h7-8H,3-6H2,1-2H3,(H,16,17)(H,18,19). The summed E-state index contributed by atoms with van der Waals surface area (Å²) in [6.07, 6.45) is 1.04. The van der Waals surface area contributed by atoms with Crippen LogP contribution in [0.5, 0.6) is 11.5 Å². The van der Waals surface area contributed by atoms with E-state index in [1.807, 2.05) is 0 Å². The lowest BCUT2D eigenvalue weighted by Gasteiger charge is -2.12. The lowest BCUT2D eigenvalue weighted by Crippen LogP contribution is -2.12. The number of hydrogen-bond acceptors (Lipinski definition) is 4. The number of rotatable bonds is 8. The number of unbranched alkanes of at least 4 members (excludes halogenated alkanes) is 1. The number of amides is 1. The molecule has 116 valence electrons. The fraction of sp³-hybridized carbons (Fsp3) is 0.429. The fourth-order valence-corrected chi connectivity index (χ4v) is 1.73. The molecule has 7 heteroatoms. The first-order valence-electron chi connectivity index (χ1n) is 6.41. The monoisotopic (exact) mass is 299 g/mol. The van der Waals surface area contributed by atoms with E-state index in [0.29, 0.717) is 12.8 Å². The molecule has 0 aliphatic heterocycles. The third kappa shape index (κ3) is 5.29. The number of hydrogen-bond donors (Lipinski definition) is 2. The van der Waals surface area contributed by atoms with E-state index in [-0.39, 0.29) is 35.9 Å². The second kappa shape index (κ2) is 8.08. The van der Waals surface area contributed by atoms with Gasteiger partial charge in [0.1, 0.15) is 5.75 Å². The number of carboxylic acid groups (broad SMARTS) is 1. The summed E-state index contributed by atoms with van der Waals surface area (Å²) >= 11 is 0. The van der Waals surface area contributed by atoms with Crippen LogP contribution >= 0.6 is 0 Å². The molecule has 0 saturated heterocycles. The Labute approximate surface area is 121 Å². The number of carbonyl (C=O) groups is 2. The maximum Gasteiger partial charge on any atom is 0.303 e. The molecule has 0 unspecified atom stereocenters. The van der Waals surface area contributed by atoms with Gasteiger partial charge in [-0.1, -0.05) is 0 Å². The highest BCUT2D eigenvalue weighted by atomic mass is 19.1. The molecule has 0 heterocycles. The second-order valence-electron chi connectivity index (χ2n) is 4.34. The predicted octanol–water partition coefficient (Wildman–Crippen LogP) is 2.43. The molecule has 0 spiro atoms. The minimum Gasteiger partial charge on any atom is -0.494 e. The summed E-state index contributed by atoms with van der Waals surface area (Å²) in [5.41, 5.74) is 0.207. The van der Waals surface area contributed by atoms with Crippen molar-refractivity contribution in [3.05, 3.63) is 17.9 Å². The Kier molecular flexibility index (Phi) is 6.45. The van der Waals surface area contributed by atoms with Gasteiger partial charge in [0.2, 0.25) is 5.91 Å². The summed E-state index contributed by atoms with van der Waals surface area (Å²) in [6.45, 7) is 0. The van der Waals surface area contributed by atoms with Crippen molar-refractivity contribution in [2.75, 3.05) is 19.5 Å². The zero-order valence-corrected chi connectivity index (χ0v) is 11.9. The minimum absolute atomic E-state index is 0.0197. The molecule has 0 saturated carbocycles. The number of methoxy groups -OCH3 is 2. The molecule has 6 nitrogen and oxygen atoms in total. The van der Waals surface area contributed by atoms with Gasteiger partial charge in [0.15, 0.2) is 11.6 Å². The summed E-state index contributed by atoms with van der Waals surface area (Å²) in [7, 11) is 2.73. The molecule has 21 heavy (non-hydrogen) atoms. The Bertz CT molecular complexity index is 518. The molecule has 1 aromatic carbocycles. The molecule has 1 amide bonds. The third-order valence-electron chi connectivity index (χ3n) is 2.79. The van der Waals surface area contributed by atoms with Crippen LogP contribution in [0.3, 0.4) is 0 Å². The smallest absolute Gasteiger partial charge is 0.303 e. The second-order valence-corrected chi connectivity index (χ2v) is 4.34. The molecule has 1 aromatic rings. The molecule has 0 aliphatic carbocycles. The number of nitrogens with one attached hydrogen (secondary N) is 1. The molecule has 2 N–H and O–H groups in total. The fourth-order valence-electron chi connectivity index (χ4n) is 1.73. The van der Waals surface area contributed by atoms with Gasteiger partial charge in [0.25, 0.3) is 0 Å². The summed E-state index contributed by atoms with van der Waals surface area (Å²) in [6, 6.07) is 2.46. The number of ether oxygens (including phenoxy) is 2. The van der Waals surface area contributed by atoms with E-state index in [9.17, 15) is 14.0 Å². The zero-order valence-electron chi connectivity index (χ0n) is 11.9. The number of halogens is 1. The van der Waals surface area contributed by atoms with Gasteiger partial charge < -0.3 is 19.9 Å². The van der Waals surface area contributed by atoms with E-state index in [1.165, 1.54) is 20.3 Å². The number of carboxylic acids is 1. The molecule has 0 aromatic heterocycles. The van der Waals surface area contributed by atoms with Crippen LogP contribution in [-0.4, -0.2) is 31.2 Å². The minimum atomic E-state index is -0.894. The van der Waals surface area contributed by atoms with Crippen molar-refractivity contribution < 1.29 is 28.6 Å². The van der Waals surface area contributed by atoms with Crippen LogP contribution in [0.25, 0.3) is 0 Å². The molecule has 0 bridgehead atoms. The van der Waals surface area contributed by atoms with Crippen LogP contribution in [-0.2, 0) is 9.59 Å². The number of anilines is 1. The van der Waals surface area contributed by atoms with Gasteiger partial charge in [-0.15, -0.1) is 0 Å². The Morgan fingerprint density at radius 1 is 1.14 bits per heavy atom. The number of carbonyl (C=O) groups excluding carboxylic acids is 1. The van der Waals surface area contributed by atoms with E-state index in [1.54, 1.807) is 0 Å². The molecular formula is C14H18FNO5. The van der Waals surface area contributed by atoms with Crippen LogP contribution in [0.1, 0.15) is 25.7 Å². The van der Waals surface area contributed by atoms with Crippen LogP contribution in [0.15, 0.2) is 12.1 Å².